The van der Waals surface area contributed by atoms with Crippen molar-refractivity contribution in [2.75, 3.05) is 0 Å². The smallest absolute Gasteiger partial charge is 0.138 e. The summed E-state index contributed by atoms with van der Waals surface area (Å²) in [6.45, 7) is 0. The van der Waals surface area contributed by atoms with Crippen molar-refractivity contribution < 1.29 is 0 Å². The molecule has 0 aliphatic rings. The van der Waals surface area contributed by atoms with Gasteiger partial charge in [0, 0.05) is 38.2 Å². The Morgan fingerprint density at radius 2 is 0.982 bits per heavy atom. The largest absolute Gasteiger partial charge is 0.309 e. The van der Waals surface area contributed by atoms with Crippen molar-refractivity contribution in [1.29, 1.82) is 5.26 Å². The first-order valence-electron chi connectivity index (χ1n) is 18.9. The molecule has 260 valence electrons. The summed E-state index contributed by atoms with van der Waals surface area (Å²) in [7, 11) is 0. The van der Waals surface area contributed by atoms with Crippen LogP contribution in [0.1, 0.15) is 5.56 Å². The zero-order valence-corrected chi connectivity index (χ0v) is 30.3. The molecule has 0 aliphatic heterocycles. The van der Waals surface area contributed by atoms with E-state index in [-0.39, 0.29) is 0 Å². The lowest BCUT2D eigenvalue weighted by Crippen LogP contribution is -2.00. The van der Waals surface area contributed by atoms with Crippen molar-refractivity contribution in [1.82, 2.24) is 14.1 Å². The first-order chi connectivity index (χ1) is 27.7. The van der Waals surface area contributed by atoms with Crippen molar-refractivity contribution in [3.63, 3.8) is 0 Å². The zero-order valence-electron chi connectivity index (χ0n) is 30.3. The van der Waals surface area contributed by atoms with Crippen LogP contribution in [0.2, 0.25) is 0 Å². The van der Waals surface area contributed by atoms with E-state index >= 15 is 0 Å². The highest BCUT2D eigenvalue weighted by atomic mass is 15.1. The lowest BCUT2D eigenvalue weighted by Gasteiger charge is -2.14. The van der Waals surface area contributed by atoms with Crippen LogP contribution >= 0.6 is 0 Å². The number of nitriles is 1. The summed E-state index contributed by atoms with van der Waals surface area (Å²) < 4.78 is 4.66. The Morgan fingerprint density at radius 3 is 1.71 bits per heavy atom. The fraction of sp³-hybridized carbons (Fsp3) is 0. The van der Waals surface area contributed by atoms with E-state index < -0.39 is 0 Å². The van der Waals surface area contributed by atoms with Gasteiger partial charge in [0.1, 0.15) is 5.82 Å². The second kappa shape index (κ2) is 12.7. The topological polar surface area (TPSA) is 46.5 Å². The fourth-order valence-electron chi connectivity index (χ4n) is 8.50. The maximum atomic E-state index is 9.42. The average molecular weight is 713 g/mol. The molecule has 11 aromatic rings. The standard InChI is InChI=1S/C52H32N4/c53-33-34-19-25-41(26-20-34)55-48-17-9-8-16-43(48)46-30-39(24-28-50(46)55)38-22-21-36-23-27-44-42-15-7-10-18-49(42)56(52(44)45(36)29-38)51-32-40(35-11-3-1-4-12-35)31-47(54-51)37-13-5-2-6-14-37/h1-32H. The second-order valence-corrected chi connectivity index (χ2v) is 14.3. The van der Waals surface area contributed by atoms with Crippen LogP contribution in [0.5, 0.6) is 0 Å². The minimum absolute atomic E-state index is 0.651. The van der Waals surface area contributed by atoms with Gasteiger partial charge < -0.3 is 4.57 Å². The Labute approximate surface area is 323 Å². The summed E-state index contributed by atoms with van der Waals surface area (Å²) in [4.78, 5) is 5.40. The van der Waals surface area contributed by atoms with E-state index in [0.717, 1.165) is 67.1 Å². The van der Waals surface area contributed by atoms with Crippen LogP contribution in [0, 0.1) is 11.3 Å². The van der Waals surface area contributed by atoms with Gasteiger partial charge in [-0.25, -0.2) is 4.98 Å². The summed E-state index contributed by atoms with van der Waals surface area (Å²) in [6.07, 6.45) is 0. The lowest BCUT2D eigenvalue weighted by atomic mass is 9.98. The molecule has 3 aromatic heterocycles. The predicted octanol–water partition coefficient (Wildman–Crippen LogP) is 13.3. The third-order valence-electron chi connectivity index (χ3n) is 11.1. The van der Waals surface area contributed by atoms with Crippen LogP contribution in [0.3, 0.4) is 0 Å². The van der Waals surface area contributed by atoms with Gasteiger partial charge in [0.05, 0.1) is 39.4 Å². The summed E-state index contributed by atoms with van der Waals surface area (Å²) in [5, 5.41) is 16.5. The number of pyridine rings is 1. The highest BCUT2D eigenvalue weighted by molar-refractivity contribution is 6.19. The molecule has 0 N–H and O–H groups in total. The minimum Gasteiger partial charge on any atom is -0.309 e. The molecule has 0 saturated carbocycles. The third kappa shape index (κ3) is 5.03. The molecule has 4 heteroatoms. The van der Waals surface area contributed by atoms with Gasteiger partial charge in [-0.2, -0.15) is 5.26 Å². The van der Waals surface area contributed by atoms with E-state index in [0.29, 0.717) is 5.56 Å². The second-order valence-electron chi connectivity index (χ2n) is 14.3. The number of benzene rings is 8. The Hall–Kier alpha value is -7.74. The molecule has 0 unspecified atom stereocenters. The molecule has 4 nitrogen and oxygen atoms in total. The summed E-state index contributed by atoms with van der Waals surface area (Å²) in [6, 6.07) is 70.9. The van der Waals surface area contributed by atoms with Crippen LogP contribution in [0.25, 0.3) is 99.4 Å². The number of fused-ring (bicyclic) bond motifs is 8. The number of hydrogen-bond donors (Lipinski definition) is 0. The molecule has 0 aliphatic carbocycles. The molecular formula is C52H32N4. The van der Waals surface area contributed by atoms with Crippen molar-refractivity contribution in [2.45, 2.75) is 0 Å². The zero-order chi connectivity index (χ0) is 37.2. The van der Waals surface area contributed by atoms with Gasteiger partial charge in [0.25, 0.3) is 0 Å². The SMILES string of the molecule is N#Cc1ccc(-n2c3ccccc3c3cc(-c4ccc5ccc6c7ccccc7n(-c7cc(-c8ccccc8)cc(-c8ccccc8)n7)c6c5c4)ccc32)cc1. The number of hydrogen-bond acceptors (Lipinski definition) is 2. The van der Waals surface area contributed by atoms with Gasteiger partial charge >= 0.3 is 0 Å². The van der Waals surface area contributed by atoms with Crippen LogP contribution in [-0.2, 0) is 0 Å². The molecular weight excluding hydrogens is 681 g/mol. The summed E-state index contributed by atoms with van der Waals surface area (Å²) in [5.74, 6) is 0.881. The molecule has 0 fully saturated rings. The normalized spacial score (nSPS) is 11.6. The van der Waals surface area contributed by atoms with Crippen LogP contribution < -0.4 is 0 Å². The fourth-order valence-corrected chi connectivity index (χ4v) is 8.50. The third-order valence-corrected chi connectivity index (χ3v) is 11.1. The van der Waals surface area contributed by atoms with Gasteiger partial charge in [-0.15, -0.1) is 0 Å². The van der Waals surface area contributed by atoms with E-state index in [1.165, 1.54) is 32.3 Å². The molecule has 0 atom stereocenters. The highest BCUT2D eigenvalue weighted by Gasteiger charge is 2.19. The van der Waals surface area contributed by atoms with E-state index in [2.05, 4.69) is 179 Å². The molecule has 0 bridgehead atoms. The van der Waals surface area contributed by atoms with Crippen molar-refractivity contribution in [3.05, 3.63) is 200 Å². The number of para-hydroxylation sites is 2. The van der Waals surface area contributed by atoms with Crippen molar-refractivity contribution >= 4 is 54.4 Å². The van der Waals surface area contributed by atoms with E-state index in [1.807, 2.05) is 30.3 Å². The molecule has 0 saturated heterocycles. The summed E-state index contributed by atoms with van der Waals surface area (Å²) in [5.41, 5.74) is 12.8. The Kier molecular flexibility index (Phi) is 7.20. The monoisotopic (exact) mass is 712 g/mol. The van der Waals surface area contributed by atoms with Crippen LogP contribution in [-0.4, -0.2) is 14.1 Å². The molecule has 3 heterocycles. The van der Waals surface area contributed by atoms with Gasteiger partial charge in [0.2, 0.25) is 0 Å². The first-order valence-corrected chi connectivity index (χ1v) is 18.9. The maximum Gasteiger partial charge on any atom is 0.138 e. The van der Waals surface area contributed by atoms with Gasteiger partial charge in [-0.3, -0.25) is 4.57 Å². The van der Waals surface area contributed by atoms with Crippen molar-refractivity contribution in [2.24, 2.45) is 0 Å². The first kappa shape index (κ1) is 31.8. The van der Waals surface area contributed by atoms with Crippen molar-refractivity contribution in [3.8, 4) is 51.1 Å². The highest BCUT2D eigenvalue weighted by Crippen LogP contribution is 2.40. The number of nitrogens with zero attached hydrogens (tertiary/aromatic N) is 4. The average Bonchev–Trinajstić information content (AvgIpc) is 3.80. The Bertz CT molecular complexity index is 3290. The van der Waals surface area contributed by atoms with E-state index in [4.69, 9.17) is 4.98 Å². The van der Waals surface area contributed by atoms with E-state index in [9.17, 15) is 5.26 Å². The number of aromatic nitrogens is 3. The molecule has 11 rings (SSSR count). The number of rotatable bonds is 5. The molecule has 0 radical (unpaired) electrons. The molecule has 8 aromatic carbocycles. The Morgan fingerprint density at radius 1 is 0.393 bits per heavy atom. The van der Waals surface area contributed by atoms with Gasteiger partial charge in [-0.1, -0.05) is 127 Å². The quantitative estimate of drug-likeness (QED) is 0.178. The summed E-state index contributed by atoms with van der Waals surface area (Å²) >= 11 is 0. The molecule has 56 heavy (non-hydrogen) atoms. The molecule has 0 spiro atoms. The van der Waals surface area contributed by atoms with Crippen LogP contribution in [0.15, 0.2) is 194 Å². The Balaban J connectivity index is 1.15. The van der Waals surface area contributed by atoms with Gasteiger partial charge in [0.15, 0.2) is 0 Å². The minimum atomic E-state index is 0.651. The molecule has 0 amide bonds. The van der Waals surface area contributed by atoms with Gasteiger partial charge in [-0.05, 0) is 94.4 Å². The van der Waals surface area contributed by atoms with Crippen LogP contribution in [0.4, 0.5) is 0 Å². The maximum absolute atomic E-state index is 9.42. The van der Waals surface area contributed by atoms with E-state index in [1.54, 1.807) is 0 Å². The lowest BCUT2D eigenvalue weighted by molar-refractivity contribution is 1.09. The predicted molar refractivity (Wildman–Crippen MR) is 231 cm³/mol.